The molecule has 0 saturated heterocycles. The summed E-state index contributed by atoms with van der Waals surface area (Å²) in [6, 6.07) is 14.8. The second-order valence-corrected chi connectivity index (χ2v) is 4.80. The lowest BCUT2D eigenvalue weighted by molar-refractivity contribution is 1.13. The Morgan fingerprint density at radius 3 is 2.41 bits per heavy atom. The summed E-state index contributed by atoms with van der Waals surface area (Å²) in [4.78, 5) is 2.05. The molecule has 0 unspecified atom stereocenters. The molecule has 1 radical (unpaired) electrons. The quantitative estimate of drug-likeness (QED) is 0.771. The van der Waals surface area contributed by atoms with Crippen molar-refractivity contribution in [1.82, 2.24) is 0 Å². The Kier molecular flexibility index (Phi) is 3.60. The number of halogens is 2. The van der Waals surface area contributed by atoms with Gasteiger partial charge in [-0.3, -0.25) is 0 Å². The van der Waals surface area contributed by atoms with E-state index in [1.807, 2.05) is 38.4 Å². The molecule has 17 heavy (non-hydrogen) atoms. The molecule has 0 N–H and O–H groups in total. The third-order valence-corrected chi connectivity index (χ3v) is 3.27. The fourth-order valence-corrected chi connectivity index (χ4v) is 1.86. The number of hydrogen-bond acceptors (Lipinski definition) is 1. The Morgan fingerprint density at radius 2 is 1.76 bits per heavy atom. The highest BCUT2D eigenvalue weighted by atomic mass is 35.5. The summed E-state index contributed by atoms with van der Waals surface area (Å²) < 4.78 is 0. The van der Waals surface area contributed by atoms with Gasteiger partial charge in [-0.25, -0.2) is 0 Å². The van der Waals surface area contributed by atoms with Crippen molar-refractivity contribution in [2.24, 2.45) is 0 Å². The van der Waals surface area contributed by atoms with E-state index in [9.17, 15) is 0 Å². The molecule has 2 rings (SSSR count). The highest BCUT2D eigenvalue weighted by Crippen LogP contribution is 2.29. The van der Waals surface area contributed by atoms with E-state index in [1.54, 1.807) is 6.07 Å². The summed E-state index contributed by atoms with van der Waals surface area (Å²) in [5.41, 5.74) is 3.16. The van der Waals surface area contributed by atoms with Crippen LogP contribution in [0.15, 0.2) is 36.4 Å². The van der Waals surface area contributed by atoms with Crippen LogP contribution < -0.4 is 4.90 Å². The first kappa shape index (κ1) is 12.3. The average molecular weight is 265 g/mol. The molecule has 0 fully saturated rings. The summed E-state index contributed by atoms with van der Waals surface area (Å²) in [5.74, 6) is 0. The van der Waals surface area contributed by atoms with Crippen LogP contribution in [0.2, 0.25) is 10.0 Å². The molecule has 0 atom stereocenters. The molecular formula is C14H12Cl2N. The van der Waals surface area contributed by atoms with Gasteiger partial charge in [-0.05, 0) is 41.5 Å². The zero-order valence-electron chi connectivity index (χ0n) is 9.67. The number of benzene rings is 2. The average Bonchev–Trinajstić information content (AvgIpc) is 2.33. The van der Waals surface area contributed by atoms with E-state index in [1.165, 1.54) is 0 Å². The topological polar surface area (TPSA) is 3.24 Å². The van der Waals surface area contributed by atoms with E-state index in [2.05, 4.69) is 17.0 Å². The molecule has 0 aromatic heterocycles. The zero-order valence-corrected chi connectivity index (χ0v) is 11.2. The zero-order chi connectivity index (χ0) is 12.4. The Labute approximate surface area is 112 Å². The number of rotatable bonds is 2. The van der Waals surface area contributed by atoms with Crippen molar-refractivity contribution < 1.29 is 0 Å². The van der Waals surface area contributed by atoms with Crippen molar-refractivity contribution in [2.75, 3.05) is 19.0 Å². The van der Waals surface area contributed by atoms with E-state index < -0.39 is 0 Å². The maximum Gasteiger partial charge on any atom is 0.0598 e. The second kappa shape index (κ2) is 4.99. The van der Waals surface area contributed by atoms with Gasteiger partial charge in [0.1, 0.15) is 0 Å². The Balaban J connectivity index is 2.45. The smallest absolute Gasteiger partial charge is 0.0598 e. The molecule has 3 heteroatoms. The molecule has 2 aromatic rings. The Bertz CT molecular complexity index is 535. The van der Waals surface area contributed by atoms with E-state index in [0.29, 0.717) is 10.0 Å². The van der Waals surface area contributed by atoms with Crippen molar-refractivity contribution in [3.63, 3.8) is 0 Å². The van der Waals surface area contributed by atoms with Gasteiger partial charge >= 0.3 is 0 Å². The van der Waals surface area contributed by atoms with Gasteiger partial charge in [-0.1, -0.05) is 35.3 Å². The highest BCUT2D eigenvalue weighted by Gasteiger charge is 2.04. The Hall–Kier alpha value is -1.18. The van der Waals surface area contributed by atoms with Crippen LogP contribution in [0.25, 0.3) is 11.1 Å². The molecule has 0 aliphatic rings. The predicted octanol–water partition coefficient (Wildman–Crippen LogP) is 4.53. The van der Waals surface area contributed by atoms with Crippen LogP contribution in [0.4, 0.5) is 5.69 Å². The van der Waals surface area contributed by atoms with Gasteiger partial charge in [-0.2, -0.15) is 0 Å². The lowest BCUT2D eigenvalue weighted by atomic mass is 10.1. The Morgan fingerprint density at radius 1 is 1.00 bits per heavy atom. The van der Waals surface area contributed by atoms with Gasteiger partial charge in [0, 0.05) is 19.8 Å². The van der Waals surface area contributed by atoms with Gasteiger partial charge in [-0.15, -0.1) is 0 Å². The standard InChI is InChI=1S/C14H12Cl2N/c1-17(2)12-5-3-4-10(8-12)11-6-7-13(15)14(16)9-11/h3,5-9H,1-2H3. The summed E-state index contributed by atoms with van der Waals surface area (Å²) in [7, 11) is 4.02. The number of nitrogens with zero attached hydrogens (tertiary/aromatic N) is 1. The molecule has 0 saturated carbocycles. The van der Waals surface area contributed by atoms with E-state index in [-0.39, 0.29) is 0 Å². The fourth-order valence-electron chi connectivity index (χ4n) is 1.56. The first-order chi connectivity index (χ1) is 8.08. The largest absolute Gasteiger partial charge is 0.378 e. The second-order valence-electron chi connectivity index (χ2n) is 3.98. The van der Waals surface area contributed by atoms with Gasteiger partial charge in [0.05, 0.1) is 10.0 Å². The molecule has 87 valence electrons. The van der Waals surface area contributed by atoms with Crippen molar-refractivity contribution in [1.29, 1.82) is 0 Å². The van der Waals surface area contributed by atoms with Gasteiger partial charge < -0.3 is 4.90 Å². The molecule has 0 amide bonds. The molecule has 0 aliphatic heterocycles. The van der Waals surface area contributed by atoms with E-state index >= 15 is 0 Å². The minimum absolute atomic E-state index is 0.563. The molecule has 1 nitrogen and oxygen atoms in total. The first-order valence-electron chi connectivity index (χ1n) is 5.22. The lowest BCUT2D eigenvalue weighted by Gasteiger charge is -2.13. The summed E-state index contributed by atoms with van der Waals surface area (Å²) >= 11 is 11.9. The molecule has 0 heterocycles. The first-order valence-corrected chi connectivity index (χ1v) is 5.98. The SMILES string of the molecule is CN(C)c1cc[c]c(-c2ccc(Cl)c(Cl)c2)c1. The molecule has 0 spiro atoms. The van der Waals surface area contributed by atoms with Crippen LogP contribution in [0.1, 0.15) is 0 Å². The van der Waals surface area contributed by atoms with E-state index in [0.717, 1.165) is 16.8 Å². The van der Waals surface area contributed by atoms with E-state index in [4.69, 9.17) is 23.2 Å². The summed E-state index contributed by atoms with van der Waals surface area (Å²) in [6.45, 7) is 0. The third-order valence-electron chi connectivity index (χ3n) is 2.53. The minimum Gasteiger partial charge on any atom is -0.378 e. The van der Waals surface area contributed by atoms with Crippen molar-refractivity contribution in [3.05, 3.63) is 52.5 Å². The highest BCUT2D eigenvalue weighted by molar-refractivity contribution is 6.42. The molecular weight excluding hydrogens is 253 g/mol. The van der Waals surface area contributed by atoms with Crippen LogP contribution in [0.5, 0.6) is 0 Å². The number of anilines is 1. The van der Waals surface area contributed by atoms with Crippen molar-refractivity contribution >= 4 is 28.9 Å². The monoisotopic (exact) mass is 264 g/mol. The number of hydrogen-bond donors (Lipinski definition) is 0. The fraction of sp³-hybridized carbons (Fsp3) is 0.143. The third kappa shape index (κ3) is 2.74. The van der Waals surface area contributed by atoms with Gasteiger partial charge in [0.25, 0.3) is 0 Å². The minimum atomic E-state index is 0.563. The van der Waals surface area contributed by atoms with Crippen LogP contribution in [-0.2, 0) is 0 Å². The van der Waals surface area contributed by atoms with Crippen LogP contribution in [0.3, 0.4) is 0 Å². The normalized spacial score (nSPS) is 10.4. The van der Waals surface area contributed by atoms with Gasteiger partial charge in [0.2, 0.25) is 0 Å². The van der Waals surface area contributed by atoms with Crippen molar-refractivity contribution in [2.45, 2.75) is 0 Å². The van der Waals surface area contributed by atoms with Crippen LogP contribution in [-0.4, -0.2) is 14.1 Å². The maximum atomic E-state index is 6.01. The molecule has 0 bridgehead atoms. The van der Waals surface area contributed by atoms with Gasteiger partial charge in [0.15, 0.2) is 0 Å². The summed E-state index contributed by atoms with van der Waals surface area (Å²) in [6.07, 6.45) is 0. The van der Waals surface area contributed by atoms with Crippen LogP contribution >= 0.6 is 23.2 Å². The van der Waals surface area contributed by atoms with Crippen LogP contribution in [0, 0.1) is 6.07 Å². The molecule has 2 aromatic carbocycles. The molecule has 0 aliphatic carbocycles. The van der Waals surface area contributed by atoms with Crippen molar-refractivity contribution in [3.8, 4) is 11.1 Å². The maximum absolute atomic E-state index is 6.01. The lowest BCUT2D eigenvalue weighted by Crippen LogP contribution is -2.08. The summed E-state index contributed by atoms with van der Waals surface area (Å²) in [5, 5.41) is 1.13. The predicted molar refractivity (Wildman–Crippen MR) is 75.1 cm³/mol.